The van der Waals surface area contributed by atoms with Crippen molar-refractivity contribution in [2.24, 2.45) is 0 Å². The van der Waals surface area contributed by atoms with E-state index in [1.807, 2.05) is 0 Å². The molecule has 0 aliphatic carbocycles. The van der Waals surface area contributed by atoms with Crippen LogP contribution in [0, 0.1) is 11.6 Å². The smallest absolute Gasteiger partial charge is 0.409 e. The van der Waals surface area contributed by atoms with E-state index in [1.165, 1.54) is 16.7 Å². The molecule has 2 aliphatic heterocycles. The van der Waals surface area contributed by atoms with E-state index in [0.717, 1.165) is 18.2 Å². The lowest BCUT2D eigenvalue weighted by molar-refractivity contribution is -0.139. The Morgan fingerprint density at radius 1 is 1.13 bits per heavy atom. The lowest BCUT2D eigenvalue weighted by Crippen LogP contribution is -2.53. The van der Waals surface area contributed by atoms with Gasteiger partial charge in [0.1, 0.15) is 23.7 Å². The average Bonchev–Trinajstić information content (AvgIpc) is 2.93. The van der Waals surface area contributed by atoms with E-state index in [4.69, 9.17) is 4.74 Å². The molecule has 0 radical (unpaired) electrons. The average molecular weight is 424 g/mol. The minimum atomic E-state index is -1.83. The molecule has 2 heterocycles. The number of nitrogens with zero attached hydrogens (tertiary/aromatic N) is 3. The Morgan fingerprint density at radius 2 is 1.77 bits per heavy atom. The predicted molar refractivity (Wildman–Crippen MR) is 99.1 cm³/mol. The van der Waals surface area contributed by atoms with Crippen LogP contribution in [0.4, 0.5) is 18.4 Å². The van der Waals surface area contributed by atoms with E-state index in [9.17, 15) is 28.0 Å². The maximum atomic E-state index is 14.2. The zero-order valence-corrected chi connectivity index (χ0v) is 16.6. The Hall–Kier alpha value is -3.24. The molecular formula is C19H22F2N4O5. The number of rotatable bonds is 4. The third-order valence-corrected chi connectivity index (χ3v) is 5.19. The van der Waals surface area contributed by atoms with Gasteiger partial charge >= 0.3 is 12.1 Å². The molecule has 5 amide bonds. The molecule has 9 nitrogen and oxygen atoms in total. The number of amides is 5. The summed E-state index contributed by atoms with van der Waals surface area (Å²) in [4.78, 5) is 53.1. The molecular weight excluding hydrogens is 402 g/mol. The summed E-state index contributed by atoms with van der Waals surface area (Å²) in [5.74, 6) is -2.96. The van der Waals surface area contributed by atoms with Gasteiger partial charge in [0.2, 0.25) is 5.91 Å². The molecule has 1 aromatic rings. The molecule has 2 fully saturated rings. The minimum absolute atomic E-state index is 0.219. The van der Waals surface area contributed by atoms with Gasteiger partial charge in [-0.15, -0.1) is 0 Å². The standard InChI is InChI=1S/C19H22F2N4O5/c1-3-30-18(29)24-8-6-23(7-9-24)15(26)11-25-16(27)19(2,22-17(25)28)13-10-12(20)4-5-14(13)21/h4-5,10H,3,6-9,11H2,1-2H3,(H,22,28). The fourth-order valence-electron chi connectivity index (χ4n) is 3.49. The summed E-state index contributed by atoms with van der Waals surface area (Å²) in [6, 6.07) is 1.74. The van der Waals surface area contributed by atoms with Crippen LogP contribution in [-0.2, 0) is 19.9 Å². The second-order valence-corrected chi connectivity index (χ2v) is 7.14. The molecule has 0 aromatic heterocycles. The number of urea groups is 1. The van der Waals surface area contributed by atoms with Crippen molar-refractivity contribution < 1.29 is 32.7 Å². The first-order valence-corrected chi connectivity index (χ1v) is 9.46. The molecule has 30 heavy (non-hydrogen) atoms. The van der Waals surface area contributed by atoms with Crippen LogP contribution in [-0.4, -0.2) is 78.0 Å². The molecule has 0 saturated carbocycles. The van der Waals surface area contributed by atoms with Gasteiger partial charge in [-0.25, -0.2) is 18.4 Å². The van der Waals surface area contributed by atoms with E-state index < -0.39 is 47.7 Å². The third kappa shape index (κ3) is 3.91. The van der Waals surface area contributed by atoms with Crippen molar-refractivity contribution >= 4 is 23.9 Å². The number of hydrogen-bond acceptors (Lipinski definition) is 5. The summed E-state index contributed by atoms with van der Waals surface area (Å²) < 4.78 is 32.7. The maximum absolute atomic E-state index is 14.2. The monoisotopic (exact) mass is 424 g/mol. The molecule has 0 bridgehead atoms. The molecule has 1 N–H and O–H groups in total. The highest BCUT2D eigenvalue weighted by molar-refractivity contribution is 6.09. The number of carbonyl (C=O) groups excluding carboxylic acids is 4. The highest BCUT2D eigenvalue weighted by Gasteiger charge is 2.51. The highest BCUT2D eigenvalue weighted by atomic mass is 19.1. The van der Waals surface area contributed by atoms with Crippen LogP contribution >= 0.6 is 0 Å². The number of piperazine rings is 1. The summed E-state index contributed by atoms with van der Waals surface area (Å²) >= 11 is 0. The fraction of sp³-hybridized carbons (Fsp3) is 0.474. The van der Waals surface area contributed by atoms with E-state index in [1.54, 1.807) is 6.92 Å². The Kier molecular flexibility index (Phi) is 5.90. The van der Waals surface area contributed by atoms with Crippen LogP contribution in [0.2, 0.25) is 0 Å². The largest absolute Gasteiger partial charge is 0.450 e. The Morgan fingerprint density at radius 3 is 2.40 bits per heavy atom. The van der Waals surface area contributed by atoms with Crippen LogP contribution < -0.4 is 5.32 Å². The maximum Gasteiger partial charge on any atom is 0.409 e. The molecule has 1 unspecified atom stereocenters. The van der Waals surface area contributed by atoms with Gasteiger partial charge in [-0.1, -0.05) is 0 Å². The van der Waals surface area contributed by atoms with Crippen molar-refractivity contribution in [1.29, 1.82) is 0 Å². The summed E-state index contributed by atoms with van der Waals surface area (Å²) in [5, 5.41) is 2.35. The van der Waals surface area contributed by atoms with Crippen molar-refractivity contribution in [2.45, 2.75) is 19.4 Å². The van der Waals surface area contributed by atoms with Crippen molar-refractivity contribution in [3.05, 3.63) is 35.4 Å². The van der Waals surface area contributed by atoms with Crippen molar-refractivity contribution in [3.8, 4) is 0 Å². The van der Waals surface area contributed by atoms with Crippen molar-refractivity contribution in [3.63, 3.8) is 0 Å². The first-order chi connectivity index (χ1) is 14.2. The second-order valence-electron chi connectivity index (χ2n) is 7.14. The normalized spacial score (nSPS) is 21.7. The first-order valence-electron chi connectivity index (χ1n) is 9.46. The number of carbonyl (C=O) groups is 4. The molecule has 162 valence electrons. The van der Waals surface area contributed by atoms with Crippen LogP contribution in [0.1, 0.15) is 19.4 Å². The number of hydrogen-bond donors (Lipinski definition) is 1. The molecule has 2 aliphatic rings. The molecule has 11 heteroatoms. The fourth-order valence-corrected chi connectivity index (χ4v) is 3.49. The summed E-state index contributed by atoms with van der Waals surface area (Å²) in [5.41, 5.74) is -2.15. The topological polar surface area (TPSA) is 99.3 Å². The zero-order valence-electron chi connectivity index (χ0n) is 16.6. The third-order valence-electron chi connectivity index (χ3n) is 5.19. The predicted octanol–water partition coefficient (Wildman–Crippen LogP) is 1.03. The Bertz CT molecular complexity index is 888. The lowest BCUT2D eigenvalue weighted by atomic mass is 9.91. The van der Waals surface area contributed by atoms with Crippen LogP contribution in [0.15, 0.2) is 18.2 Å². The molecule has 2 saturated heterocycles. The van der Waals surface area contributed by atoms with Crippen molar-refractivity contribution in [2.75, 3.05) is 39.3 Å². The Labute approximate surface area is 171 Å². The molecule has 1 atom stereocenters. The summed E-state index contributed by atoms with van der Waals surface area (Å²) in [7, 11) is 0. The van der Waals surface area contributed by atoms with Crippen LogP contribution in [0.5, 0.6) is 0 Å². The van der Waals surface area contributed by atoms with E-state index in [2.05, 4.69) is 5.32 Å². The van der Waals surface area contributed by atoms with E-state index in [0.29, 0.717) is 4.90 Å². The number of imide groups is 1. The van der Waals surface area contributed by atoms with Gasteiger partial charge in [-0.2, -0.15) is 0 Å². The number of ether oxygens (including phenoxy) is 1. The quantitative estimate of drug-likeness (QED) is 0.728. The first kappa shape index (κ1) is 21.5. The minimum Gasteiger partial charge on any atom is -0.450 e. The summed E-state index contributed by atoms with van der Waals surface area (Å²) in [6.45, 7) is 3.61. The van der Waals surface area contributed by atoms with Crippen molar-refractivity contribution in [1.82, 2.24) is 20.0 Å². The number of nitrogens with one attached hydrogen (secondary N) is 1. The summed E-state index contributed by atoms with van der Waals surface area (Å²) in [6.07, 6.45) is -0.466. The van der Waals surface area contributed by atoms with Gasteiger partial charge in [0.25, 0.3) is 5.91 Å². The van der Waals surface area contributed by atoms with Gasteiger partial charge in [0.05, 0.1) is 6.61 Å². The molecule has 0 spiro atoms. The van der Waals surface area contributed by atoms with Gasteiger partial charge in [-0.05, 0) is 32.0 Å². The van der Waals surface area contributed by atoms with E-state index >= 15 is 0 Å². The van der Waals surface area contributed by atoms with Crippen LogP contribution in [0.25, 0.3) is 0 Å². The zero-order chi connectivity index (χ0) is 22.1. The van der Waals surface area contributed by atoms with Gasteiger partial charge < -0.3 is 19.9 Å². The SMILES string of the molecule is CCOC(=O)N1CCN(C(=O)CN2C(=O)NC(C)(c3cc(F)ccc3F)C2=O)CC1. The highest BCUT2D eigenvalue weighted by Crippen LogP contribution is 2.31. The Balaban J connectivity index is 1.67. The lowest BCUT2D eigenvalue weighted by Gasteiger charge is -2.34. The van der Waals surface area contributed by atoms with Gasteiger partial charge in [0.15, 0.2) is 0 Å². The molecule has 1 aromatic carbocycles. The number of halogens is 2. The number of benzene rings is 1. The van der Waals surface area contributed by atoms with Gasteiger partial charge in [-0.3, -0.25) is 14.5 Å². The van der Waals surface area contributed by atoms with E-state index in [-0.39, 0.29) is 38.3 Å². The second kappa shape index (κ2) is 8.25. The van der Waals surface area contributed by atoms with Gasteiger partial charge in [0, 0.05) is 31.7 Å². The molecule has 3 rings (SSSR count). The van der Waals surface area contributed by atoms with Crippen LogP contribution in [0.3, 0.4) is 0 Å².